The third-order valence-electron chi connectivity index (χ3n) is 3.95. The smallest absolute Gasteiger partial charge is 0.242 e. The predicted molar refractivity (Wildman–Crippen MR) is 80.6 cm³/mol. The number of aliphatic hydroxyl groups is 1. The van der Waals surface area contributed by atoms with Crippen molar-refractivity contribution < 1.29 is 23.1 Å². The van der Waals surface area contributed by atoms with Crippen LogP contribution in [0, 0.1) is 11.6 Å². The van der Waals surface area contributed by atoms with Gasteiger partial charge in [0.25, 0.3) is 0 Å². The Kier molecular flexibility index (Phi) is 4.33. The quantitative estimate of drug-likeness (QED) is 0.878. The van der Waals surface area contributed by atoms with E-state index in [0.29, 0.717) is 24.4 Å². The number of nitrogens with zero attached hydrogens (tertiary/aromatic N) is 2. The summed E-state index contributed by atoms with van der Waals surface area (Å²) in [7, 11) is 0. The molecule has 1 amide bonds. The number of carbonyl (C=O) groups excluding carboxylic acids is 1. The fourth-order valence-electron chi connectivity index (χ4n) is 2.60. The van der Waals surface area contributed by atoms with Crippen LogP contribution in [-0.4, -0.2) is 39.6 Å². The van der Waals surface area contributed by atoms with Crippen LogP contribution in [0.4, 0.5) is 8.78 Å². The van der Waals surface area contributed by atoms with Crippen molar-refractivity contribution in [2.24, 2.45) is 5.73 Å². The Balaban J connectivity index is 1.83. The maximum absolute atomic E-state index is 13.3. The molecule has 3 rings (SSSR count). The summed E-state index contributed by atoms with van der Waals surface area (Å²) in [6.07, 6.45) is -0.541. The van der Waals surface area contributed by atoms with E-state index in [-0.39, 0.29) is 23.9 Å². The van der Waals surface area contributed by atoms with Crippen molar-refractivity contribution in [1.29, 1.82) is 0 Å². The first-order valence-corrected chi connectivity index (χ1v) is 7.52. The highest BCUT2D eigenvalue weighted by Crippen LogP contribution is 2.27. The van der Waals surface area contributed by atoms with Gasteiger partial charge in [-0.2, -0.15) is 0 Å². The van der Waals surface area contributed by atoms with Crippen molar-refractivity contribution in [3.05, 3.63) is 41.3 Å². The third kappa shape index (κ3) is 3.15. The van der Waals surface area contributed by atoms with Crippen LogP contribution >= 0.6 is 0 Å². The second-order valence-corrected chi connectivity index (χ2v) is 5.82. The number of oxazole rings is 1. The third-order valence-corrected chi connectivity index (χ3v) is 3.95. The largest absolute Gasteiger partial charge is 0.441 e. The second-order valence-electron chi connectivity index (χ2n) is 5.82. The lowest BCUT2D eigenvalue weighted by molar-refractivity contribution is -0.135. The molecule has 2 aromatic rings. The standard InChI is InChI=1S/C16H17F2N3O3/c1-8(22)14(19)16(23)21-3-2-13-12(7-21)20-15(24-13)9-4-10(17)6-11(18)5-9/h4-6,8,14,22H,2-3,7,19H2,1H3/t8-,14+/m1/s1. The second kappa shape index (κ2) is 6.29. The molecule has 1 aliphatic heterocycles. The molecule has 3 N–H and O–H groups in total. The summed E-state index contributed by atoms with van der Waals surface area (Å²) in [5.41, 5.74) is 6.39. The molecule has 0 fully saturated rings. The van der Waals surface area contributed by atoms with E-state index >= 15 is 0 Å². The lowest BCUT2D eigenvalue weighted by atomic mass is 10.1. The number of carbonyl (C=O) groups is 1. The van der Waals surface area contributed by atoms with Crippen LogP contribution in [0.2, 0.25) is 0 Å². The zero-order valence-corrected chi connectivity index (χ0v) is 13.0. The highest BCUT2D eigenvalue weighted by molar-refractivity contribution is 5.82. The number of hydrogen-bond donors (Lipinski definition) is 2. The monoisotopic (exact) mass is 337 g/mol. The molecule has 0 unspecified atom stereocenters. The van der Waals surface area contributed by atoms with Crippen molar-refractivity contribution in [1.82, 2.24) is 9.88 Å². The molecule has 1 aromatic carbocycles. The molecule has 2 heterocycles. The van der Waals surface area contributed by atoms with Crippen LogP contribution in [0.25, 0.3) is 11.5 Å². The summed E-state index contributed by atoms with van der Waals surface area (Å²) in [5, 5.41) is 9.44. The van der Waals surface area contributed by atoms with E-state index in [9.17, 15) is 18.7 Å². The van der Waals surface area contributed by atoms with Gasteiger partial charge in [-0.25, -0.2) is 13.8 Å². The Labute approximate surface area is 136 Å². The summed E-state index contributed by atoms with van der Waals surface area (Å²) in [6, 6.07) is 2.03. The molecular weight excluding hydrogens is 320 g/mol. The molecule has 0 bridgehead atoms. The van der Waals surface area contributed by atoms with Gasteiger partial charge in [0.1, 0.15) is 29.1 Å². The molecule has 128 valence electrons. The minimum atomic E-state index is -1.00. The SMILES string of the molecule is C[C@@H](O)[C@H](N)C(=O)N1CCc2oc(-c3cc(F)cc(F)c3)nc2C1. The number of benzene rings is 1. The van der Waals surface area contributed by atoms with Gasteiger partial charge in [-0.1, -0.05) is 0 Å². The molecular formula is C16H17F2N3O3. The topological polar surface area (TPSA) is 92.6 Å². The minimum absolute atomic E-state index is 0.104. The average Bonchev–Trinajstić information content (AvgIpc) is 2.95. The van der Waals surface area contributed by atoms with Crippen LogP contribution in [0.15, 0.2) is 22.6 Å². The van der Waals surface area contributed by atoms with Crippen molar-refractivity contribution >= 4 is 5.91 Å². The van der Waals surface area contributed by atoms with E-state index in [0.717, 1.165) is 18.2 Å². The van der Waals surface area contributed by atoms with Gasteiger partial charge in [-0.3, -0.25) is 4.79 Å². The van der Waals surface area contributed by atoms with Gasteiger partial charge in [0.05, 0.1) is 12.6 Å². The maximum Gasteiger partial charge on any atom is 0.242 e. The van der Waals surface area contributed by atoms with Gasteiger partial charge in [-0.15, -0.1) is 0 Å². The van der Waals surface area contributed by atoms with Gasteiger partial charge in [-0.05, 0) is 19.1 Å². The first kappa shape index (κ1) is 16.5. The molecule has 6 nitrogen and oxygen atoms in total. The Bertz CT molecular complexity index is 756. The van der Waals surface area contributed by atoms with E-state index in [1.165, 1.54) is 11.8 Å². The van der Waals surface area contributed by atoms with Crippen LogP contribution < -0.4 is 5.73 Å². The highest BCUT2D eigenvalue weighted by atomic mass is 19.1. The Morgan fingerprint density at radius 2 is 2.04 bits per heavy atom. The fraction of sp³-hybridized carbons (Fsp3) is 0.375. The average molecular weight is 337 g/mol. The number of aromatic nitrogens is 1. The molecule has 0 saturated heterocycles. The lowest BCUT2D eigenvalue weighted by Gasteiger charge is -2.28. The zero-order valence-electron chi connectivity index (χ0n) is 13.0. The van der Waals surface area contributed by atoms with E-state index in [1.807, 2.05) is 0 Å². The predicted octanol–water partition coefficient (Wildman–Crippen LogP) is 1.21. The van der Waals surface area contributed by atoms with Gasteiger partial charge in [0.2, 0.25) is 11.8 Å². The number of amides is 1. The lowest BCUT2D eigenvalue weighted by Crippen LogP contribution is -2.50. The Hall–Kier alpha value is -2.32. The maximum atomic E-state index is 13.3. The summed E-state index contributed by atoms with van der Waals surface area (Å²) >= 11 is 0. The molecule has 8 heteroatoms. The molecule has 1 aromatic heterocycles. The van der Waals surface area contributed by atoms with E-state index < -0.39 is 23.8 Å². The van der Waals surface area contributed by atoms with Gasteiger partial charge in [0, 0.05) is 24.6 Å². The molecule has 0 radical (unpaired) electrons. The first-order valence-electron chi connectivity index (χ1n) is 7.52. The molecule has 0 aliphatic carbocycles. The Morgan fingerprint density at radius 1 is 1.38 bits per heavy atom. The normalized spacial score (nSPS) is 16.6. The van der Waals surface area contributed by atoms with Gasteiger partial charge >= 0.3 is 0 Å². The van der Waals surface area contributed by atoms with Gasteiger partial charge < -0.3 is 20.2 Å². The van der Waals surface area contributed by atoms with Crippen LogP contribution in [-0.2, 0) is 17.8 Å². The molecule has 0 spiro atoms. The molecule has 1 aliphatic rings. The number of nitrogens with two attached hydrogens (primary N) is 1. The summed E-state index contributed by atoms with van der Waals surface area (Å²) < 4.78 is 32.2. The number of fused-ring (bicyclic) bond motifs is 1. The summed E-state index contributed by atoms with van der Waals surface area (Å²) in [5.74, 6) is -1.14. The van der Waals surface area contributed by atoms with Crippen molar-refractivity contribution in [2.75, 3.05) is 6.54 Å². The van der Waals surface area contributed by atoms with E-state index in [4.69, 9.17) is 10.2 Å². The molecule has 2 atom stereocenters. The fourth-order valence-corrected chi connectivity index (χ4v) is 2.60. The number of halogens is 2. The van der Waals surface area contributed by atoms with E-state index in [2.05, 4.69) is 4.98 Å². The van der Waals surface area contributed by atoms with Crippen molar-refractivity contribution in [3.8, 4) is 11.5 Å². The molecule has 0 saturated carbocycles. The first-order chi connectivity index (χ1) is 11.3. The summed E-state index contributed by atoms with van der Waals surface area (Å²) in [4.78, 5) is 17.9. The van der Waals surface area contributed by atoms with E-state index in [1.54, 1.807) is 0 Å². The van der Waals surface area contributed by atoms with Crippen LogP contribution in [0.1, 0.15) is 18.4 Å². The van der Waals surface area contributed by atoms with Crippen molar-refractivity contribution in [2.45, 2.75) is 32.0 Å². The van der Waals surface area contributed by atoms with Crippen LogP contribution in [0.5, 0.6) is 0 Å². The number of hydrogen-bond acceptors (Lipinski definition) is 5. The van der Waals surface area contributed by atoms with Crippen LogP contribution in [0.3, 0.4) is 0 Å². The van der Waals surface area contributed by atoms with Crippen molar-refractivity contribution in [3.63, 3.8) is 0 Å². The zero-order chi connectivity index (χ0) is 17.4. The minimum Gasteiger partial charge on any atom is -0.441 e. The highest BCUT2D eigenvalue weighted by Gasteiger charge is 2.30. The number of rotatable bonds is 3. The van der Waals surface area contributed by atoms with Gasteiger partial charge in [0.15, 0.2) is 0 Å². The number of aliphatic hydroxyl groups excluding tert-OH is 1. The molecule has 24 heavy (non-hydrogen) atoms. The Morgan fingerprint density at radius 3 is 2.67 bits per heavy atom. The summed E-state index contributed by atoms with van der Waals surface area (Å²) in [6.45, 7) is 2.00.